The van der Waals surface area contributed by atoms with Crippen LogP contribution in [0.15, 0.2) is 53.5 Å². The number of nitrogens with zero attached hydrogens (tertiary/aromatic N) is 2. The van der Waals surface area contributed by atoms with E-state index in [1.165, 1.54) is 0 Å². The maximum atomic E-state index is 11.6. The number of carbonyl (C=O) groups excluding carboxylic acids is 1. The lowest BCUT2D eigenvalue weighted by atomic mass is 10.2. The van der Waals surface area contributed by atoms with E-state index in [1.54, 1.807) is 7.05 Å². The van der Waals surface area contributed by atoms with Crippen LogP contribution in [0.25, 0.3) is 0 Å². The second-order valence-corrected chi connectivity index (χ2v) is 7.56. The molecule has 0 bridgehead atoms. The molecule has 0 aromatic heterocycles. The summed E-state index contributed by atoms with van der Waals surface area (Å²) < 4.78 is 5.87. The predicted molar refractivity (Wildman–Crippen MR) is 137 cm³/mol. The molecule has 1 atom stereocenters. The molecule has 0 aliphatic carbocycles. The van der Waals surface area contributed by atoms with Crippen molar-refractivity contribution in [2.24, 2.45) is 4.99 Å². The Kier molecular flexibility index (Phi) is 10.2. The Balaban J connectivity index is 0.00000341. The van der Waals surface area contributed by atoms with E-state index in [0.717, 1.165) is 23.5 Å². The minimum Gasteiger partial charge on any atom is -0.489 e. The predicted octanol–water partition coefficient (Wildman–Crippen LogP) is 3.03. The van der Waals surface area contributed by atoms with Gasteiger partial charge in [-0.25, -0.2) is 0 Å². The van der Waals surface area contributed by atoms with Gasteiger partial charge in [-0.2, -0.15) is 0 Å². The monoisotopic (exact) mass is 557 g/mol. The molecule has 1 saturated heterocycles. The van der Waals surface area contributed by atoms with Crippen molar-refractivity contribution >= 4 is 53.1 Å². The number of halogens is 2. The number of ether oxygens (including phenoxy) is 1. The Morgan fingerprint density at radius 1 is 1.19 bits per heavy atom. The summed E-state index contributed by atoms with van der Waals surface area (Å²) in [5.41, 5.74) is 2.19. The van der Waals surface area contributed by atoms with E-state index in [0.29, 0.717) is 37.2 Å². The molecule has 1 heterocycles. The largest absolute Gasteiger partial charge is 0.489 e. The van der Waals surface area contributed by atoms with Crippen LogP contribution in [0.4, 0.5) is 5.69 Å². The SMILES string of the molecule is CN=C(NCc1ccc(N2CCNC(=O)C2)cc1)NCC(C)Oc1ccc(Cl)cc1.I. The molecular formula is C22H29ClIN5O2. The minimum atomic E-state index is -0.0363. The number of carbonyl (C=O) groups is 1. The van der Waals surface area contributed by atoms with Crippen molar-refractivity contribution in [2.45, 2.75) is 19.6 Å². The van der Waals surface area contributed by atoms with E-state index in [1.807, 2.05) is 43.3 Å². The van der Waals surface area contributed by atoms with Crippen LogP contribution in [0.3, 0.4) is 0 Å². The number of piperazine rings is 1. The van der Waals surface area contributed by atoms with Crippen molar-refractivity contribution in [1.29, 1.82) is 0 Å². The number of amides is 1. The molecule has 3 N–H and O–H groups in total. The van der Waals surface area contributed by atoms with Crippen LogP contribution >= 0.6 is 35.6 Å². The van der Waals surface area contributed by atoms with Crippen LogP contribution < -0.4 is 25.6 Å². The molecule has 0 saturated carbocycles. The van der Waals surface area contributed by atoms with Gasteiger partial charge < -0.3 is 25.6 Å². The zero-order valence-electron chi connectivity index (χ0n) is 17.7. The first kappa shape index (κ1) is 25.1. The van der Waals surface area contributed by atoms with E-state index in [4.69, 9.17) is 16.3 Å². The number of aliphatic imine (C=N–C) groups is 1. The van der Waals surface area contributed by atoms with Crippen molar-refractivity contribution in [3.63, 3.8) is 0 Å². The summed E-state index contributed by atoms with van der Waals surface area (Å²) in [4.78, 5) is 17.9. The smallest absolute Gasteiger partial charge is 0.239 e. The second kappa shape index (κ2) is 12.6. The van der Waals surface area contributed by atoms with Crippen LogP contribution in [0.1, 0.15) is 12.5 Å². The molecule has 168 valence electrons. The lowest BCUT2D eigenvalue weighted by Gasteiger charge is -2.28. The molecular weight excluding hydrogens is 529 g/mol. The summed E-state index contributed by atoms with van der Waals surface area (Å²) >= 11 is 5.90. The zero-order chi connectivity index (χ0) is 21.3. The van der Waals surface area contributed by atoms with Gasteiger partial charge in [-0.05, 0) is 48.9 Å². The average Bonchev–Trinajstić information content (AvgIpc) is 2.76. The fourth-order valence-corrected chi connectivity index (χ4v) is 3.24. The first-order valence-corrected chi connectivity index (χ1v) is 10.4. The molecule has 2 aromatic rings. The second-order valence-electron chi connectivity index (χ2n) is 7.13. The lowest BCUT2D eigenvalue weighted by molar-refractivity contribution is -0.120. The Labute approximate surface area is 205 Å². The van der Waals surface area contributed by atoms with E-state index >= 15 is 0 Å². The molecule has 7 nitrogen and oxygen atoms in total. The zero-order valence-corrected chi connectivity index (χ0v) is 20.8. The molecule has 1 aliphatic heterocycles. The Morgan fingerprint density at radius 2 is 1.90 bits per heavy atom. The molecule has 1 fully saturated rings. The van der Waals surface area contributed by atoms with Crippen LogP contribution in [-0.2, 0) is 11.3 Å². The van der Waals surface area contributed by atoms with Gasteiger partial charge in [-0.15, -0.1) is 24.0 Å². The van der Waals surface area contributed by atoms with E-state index in [9.17, 15) is 4.79 Å². The third-order valence-corrected chi connectivity index (χ3v) is 4.98. The number of hydrogen-bond donors (Lipinski definition) is 3. The van der Waals surface area contributed by atoms with Crippen molar-refractivity contribution in [3.8, 4) is 5.75 Å². The van der Waals surface area contributed by atoms with Crippen molar-refractivity contribution in [3.05, 3.63) is 59.1 Å². The van der Waals surface area contributed by atoms with Gasteiger partial charge in [-0.3, -0.25) is 9.79 Å². The third-order valence-electron chi connectivity index (χ3n) is 4.73. The van der Waals surface area contributed by atoms with Gasteiger partial charge in [0.05, 0.1) is 13.1 Å². The van der Waals surface area contributed by atoms with Gasteiger partial charge in [0.1, 0.15) is 11.9 Å². The fraction of sp³-hybridized carbons (Fsp3) is 0.364. The normalized spacial score (nSPS) is 14.9. The number of rotatable bonds is 7. The quantitative estimate of drug-likeness (QED) is 0.277. The number of benzene rings is 2. The highest BCUT2D eigenvalue weighted by molar-refractivity contribution is 14.0. The Hall–Kier alpha value is -2.20. The average molecular weight is 558 g/mol. The highest BCUT2D eigenvalue weighted by Crippen LogP contribution is 2.17. The van der Waals surface area contributed by atoms with Crippen molar-refractivity contribution < 1.29 is 9.53 Å². The Morgan fingerprint density at radius 3 is 2.55 bits per heavy atom. The van der Waals surface area contributed by atoms with Gasteiger partial charge in [-0.1, -0.05) is 23.7 Å². The van der Waals surface area contributed by atoms with Gasteiger partial charge in [0.15, 0.2) is 5.96 Å². The lowest BCUT2D eigenvalue weighted by Crippen LogP contribution is -2.47. The maximum Gasteiger partial charge on any atom is 0.239 e. The first-order chi connectivity index (χ1) is 14.5. The minimum absolute atomic E-state index is 0. The maximum absolute atomic E-state index is 11.6. The van der Waals surface area contributed by atoms with Gasteiger partial charge >= 0.3 is 0 Å². The van der Waals surface area contributed by atoms with Gasteiger partial charge in [0.2, 0.25) is 5.91 Å². The Bertz CT molecular complexity index is 861. The number of guanidine groups is 1. The van der Waals surface area contributed by atoms with Crippen LogP contribution in [0.2, 0.25) is 5.02 Å². The third kappa shape index (κ3) is 8.10. The van der Waals surface area contributed by atoms with Gasteiger partial charge in [0, 0.05) is 37.4 Å². The highest BCUT2D eigenvalue weighted by atomic mass is 127. The number of hydrogen-bond acceptors (Lipinski definition) is 4. The summed E-state index contributed by atoms with van der Waals surface area (Å²) in [6, 6.07) is 15.5. The van der Waals surface area contributed by atoms with Crippen LogP contribution in [-0.4, -0.2) is 51.2 Å². The molecule has 0 radical (unpaired) electrons. The van der Waals surface area contributed by atoms with E-state index < -0.39 is 0 Å². The summed E-state index contributed by atoms with van der Waals surface area (Å²) in [7, 11) is 1.74. The molecule has 1 amide bonds. The van der Waals surface area contributed by atoms with Gasteiger partial charge in [0.25, 0.3) is 0 Å². The molecule has 2 aromatic carbocycles. The molecule has 1 unspecified atom stereocenters. The highest BCUT2D eigenvalue weighted by Gasteiger charge is 2.16. The molecule has 9 heteroatoms. The molecule has 3 rings (SSSR count). The molecule has 0 spiro atoms. The number of nitrogens with one attached hydrogen (secondary N) is 3. The summed E-state index contributed by atoms with van der Waals surface area (Å²) in [5.74, 6) is 1.55. The van der Waals surface area contributed by atoms with E-state index in [2.05, 4.69) is 38.0 Å². The molecule has 31 heavy (non-hydrogen) atoms. The fourth-order valence-electron chi connectivity index (χ4n) is 3.12. The van der Waals surface area contributed by atoms with Crippen LogP contribution in [0.5, 0.6) is 5.75 Å². The van der Waals surface area contributed by atoms with Crippen molar-refractivity contribution in [1.82, 2.24) is 16.0 Å². The summed E-state index contributed by atoms with van der Waals surface area (Å²) in [6.45, 7) is 5.17. The summed E-state index contributed by atoms with van der Waals surface area (Å²) in [6.07, 6.45) is -0.0363. The standard InChI is InChI=1S/C22H28ClN5O2.HI/c1-16(30-20-9-5-18(23)6-10-20)13-26-22(24-2)27-14-17-3-7-19(8-4-17)28-12-11-25-21(29)15-28;/h3-10,16H,11-15H2,1-2H3,(H,25,29)(H2,24,26,27);1H. The van der Waals surface area contributed by atoms with Crippen LogP contribution in [0, 0.1) is 0 Å². The van der Waals surface area contributed by atoms with Crippen molar-refractivity contribution in [2.75, 3.05) is 38.1 Å². The summed E-state index contributed by atoms with van der Waals surface area (Å²) in [5, 5.41) is 10.1. The van der Waals surface area contributed by atoms with E-state index in [-0.39, 0.29) is 36.0 Å². The molecule has 1 aliphatic rings. The first-order valence-electron chi connectivity index (χ1n) is 10.0. The topological polar surface area (TPSA) is 78.0 Å². The number of anilines is 1.